The molecule has 0 unspecified atom stereocenters. The van der Waals surface area contributed by atoms with Gasteiger partial charge in [0.2, 0.25) is 5.91 Å². The molecule has 1 aromatic heterocycles. The van der Waals surface area contributed by atoms with Crippen LogP contribution in [0.3, 0.4) is 0 Å². The van der Waals surface area contributed by atoms with Gasteiger partial charge in [0.25, 0.3) is 0 Å². The molecule has 7 heteroatoms. The lowest BCUT2D eigenvalue weighted by Gasteiger charge is -2.40. The zero-order valence-corrected chi connectivity index (χ0v) is 13.7. The molecule has 0 radical (unpaired) electrons. The molecule has 1 aliphatic rings. The first-order valence-corrected chi connectivity index (χ1v) is 8.31. The van der Waals surface area contributed by atoms with Crippen LogP contribution in [-0.4, -0.2) is 38.2 Å². The predicted molar refractivity (Wildman–Crippen MR) is 88.1 cm³/mol. The third-order valence-electron chi connectivity index (χ3n) is 4.56. The molecule has 1 aliphatic heterocycles. The first-order valence-electron chi connectivity index (χ1n) is 8.31. The molecule has 1 fully saturated rings. The number of halogens is 1. The van der Waals surface area contributed by atoms with Crippen LogP contribution in [0.5, 0.6) is 0 Å². The molecule has 2 atom stereocenters. The minimum atomic E-state index is -0.959. The summed E-state index contributed by atoms with van der Waals surface area (Å²) in [6, 6.07) is 7.04. The molecule has 1 saturated heterocycles. The Kier molecular flexibility index (Phi) is 5.11. The molecule has 1 N–H and O–H groups in total. The number of hydrogen-bond donors (Lipinski definition) is 1. The highest BCUT2D eigenvalue weighted by molar-refractivity contribution is 5.81. The Hall–Kier alpha value is -2.70. The van der Waals surface area contributed by atoms with Crippen molar-refractivity contribution in [1.29, 1.82) is 0 Å². The Bertz CT molecular complexity index is 748. The Balaban J connectivity index is 1.82. The van der Waals surface area contributed by atoms with Gasteiger partial charge in [0.15, 0.2) is 0 Å². The van der Waals surface area contributed by atoms with E-state index in [9.17, 15) is 19.1 Å². The van der Waals surface area contributed by atoms with E-state index in [1.165, 1.54) is 12.1 Å². The zero-order valence-electron chi connectivity index (χ0n) is 13.7. The Morgan fingerprint density at radius 2 is 2.16 bits per heavy atom. The average molecular weight is 345 g/mol. The SMILES string of the molecule is O=C(O)[C@@H]1CCC(=O)N(CCCn2cccn2)[C@@H]1c1cccc(F)c1. The molecule has 2 heterocycles. The highest BCUT2D eigenvalue weighted by Crippen LogP contribution is 2.37. The van der Waals surface area contributed by atoms with Gasteiger partial charge in [-0.15, -0.1) is 0 Å². The maximum absolute atomic E-state index is 13.6. The molecule has 0 bridgehead atoms. The van der Waals surface area contributed by atoms with Crippen molar-refractivity contribution in [2.24, 2.45) is 5.92 Å². The van der Waals surface area contributed by atoms with E-state index in [4.69, 9.17) is 0 Å². The molecule has 1 aromatic carbocycles. The monoisotopic (exact) mass is 345 g/mol. The second-order valence-corrected chi connectivity index (χ2v) is 6.19. The quantitative estimate of drug-likeness (QED) is 0.873. The number of aliphatic carboxylic acids is 1. The average Bonchev–Trinajstić information content (AvgIpc) is 3.09. The molecular weight excluding hydrogens is 325 g/mol. The number of nitrogens with zero attached hydrogens (tertiary/aromatic N) is 3. The highest BCUT2D eigenvalue weighted by Gasteiger charge is 2.40. The third-order valence-corrected chi connectivity index (χ3v) is 4.56. The van der Waals surface area contributed by atoms with Crippen LogP contribution in [0.2, 0.25) is 0 Å². The molecule has 0 saturated carbocycles. The minimum Gasteiger partial charge on any atom is -0.481 e. The Morgan fingerprint density at radius 1 is 1.32 bits per heavy atom. The number of aryl methyl sites for hydroxylation is 1. The zero-order chi connectivity index (χ0) is 17.8. The molecule has 0 spiro atoms. The molecule has 6 nitrogen and oxygen atoms in total. The van der Waals surface area contributed by atoms with Gasteiger partial charge in [0.1, 0.15) is 5.82 Å². The van der Waals surface area contributed by atoms with E-state index in [1.54, 1.807) is 27.9 Å². The van der Waals surface area contributed by atoms with Crippen LogP contribution in [0.15, 0.2) is 42.7 Å². The number of carboxylic acid groups (broad SMARTS) is 1. The van der Waals surface area contributed by atoms with E-state index in [-0.39, 0.29) is 18.7 Å². The number of piperidine rings is 1. The topological polar surface area (TPSA) is 75.4 Å². The third kappa shape index (κ3) is 3.87. The molecule has 1 amide bonds. The van der Waals surface area contributed by atoms with Crippen LogP contribution in [-0.2, 0) is 16.1 Å². The summed E-state index contributed by atoms with van der Waals surface area (Å²) >= 11 is 0. The number of carboxylic acids is 1. The van der Waals surface area contributed by atoms with E-state index < -0.39 is 23.7 Å². The van der Waals surface area contributed by atoms with Crippen LogP contribution in [0.4, 0.5) is 4.39 Å². The minimum absolute atomic E-state index is 0.0905. The number of benzene rings is 1. The van der Waals surface area contributed by atoms with Gasteiger partial charge >= 0.3 is 5.97 Å². The van der Waals surface area contributed by atoms with Crippen LogP contribution in [0.1, 0.15) is 30.9 Å². The fraction of sp³-hybridized carbons (Fsp3) is 0.389. The van der Waals surface area contributed by atoms with Crippen LogP contribution >= 0.6 is 0 Å². The van der Waals surface area contributed by atoms with Crippen molar-refractivity contribution in [1.82, 2.24) is 14.7 Å². The van der Waals surface area contributed by atoms with Gasteiger partial charge in [-0.2, -0.15) is 5.10 Å². The second-order valence-electron chi connectivity index (χ2n) is 6.19. The van der Waals surface area contributed by atoms with Crippen LogP contribution in [0, 0.1) is 11.7 Å². The Labute approximate surface area is 144 Å². The fourth-order valence-corrected chi connectivity index (χ4v) is 3.41. The largest absolute Gasteiger partial charge is 0.481 e. The fourth-order valence-electron chi connectivity index (χ4n) is 3.41. The number of aromatic nitrogens is 2. The predicted octanol–water partition coefficient (Wildman–Crippen LogP) is 2.48. The van der Waals surface area contributed by atoms with Gasteiger partial charge in [-0.1, -0.05) is 12.1 Å². The van der Waals surface area contributed by atoms with Gasteiger partial charge in [0.05, 0.1) is 12.0 Å². The first-order chi connectivity index (χ1) is 12.1. The summed E-state index contributed by atoms with van der Waals surface area (Å²) in [6.07, 6.45) is 4.63. The summed E-state index contributed by atoms with van der Waals surface area (Å²) < 4.78 is 15.4. The highest BCUT2D eigenvalue weighted by atomic mass is 19.1. The van der Waals surface area contributed by atoms with Crippen molar-refractivity contribution >= 4 is 11.9 Å². The van der Waals surface area contributed by atoms with E-state index in [0.29, 0.717) is 25.1 Å². The summed E-state index contributed by atoms with van der Waals surface area (Å²) in [6.45, 7) is 1.04. The number of carbonyl (C=O) groups is 2. The van der Waals surface area contributed by atoms with Gasteiger partial charge in [-0.25, -0.2) is 4.39 Å². The normalized spacial score (nSPS) is 20.7. The van der Waals surface area contributed by atoms with Gasteiger partial charge in [-0.05, 0) is 36.6 Å². The van der Waals surface area contributed by atoms with Crippen molar-refractivity contribution in [3.8, 4) is 0 Å². The summed E-state index contributed by atoms with van der Waals surface area (Å²) in [7, 11) is 0. The lowest BCUT2D eigenvalue weighted by Crippen LogP contribution is -2.46. The Morgan fingerprint density at radius 3 is 2.84 bits per heavy atom. The van der Waals surface area contributed by atoms with Crippen molar-refractivity contribution in [2.75, 3.05) is 6.54 Å². The standard InChI is InChI=1S/C18H20FN3O3/c19-14-5-1-4-13(12-14)17-15(18(24)25)6-7-16(23)22(17)11-3-10-21-9-2-8-20-21/h1-2,4-5,8-9,12,15,17H,3,6-7,10-11H2,(H,24,25)/t15-,17-/m1/s1. The molecule has 0 aliphatic carbocycles. The number of rotatable bonds is 6. The molecule has 25 heavy (non-hydrogen) atoms. The summed E-state index contributed by atoms with van der Waals surface area (Å²) in [5.74, 6) is -2.22. The number of hydrogen-bond acceptors (Lipinski definition) is 3. The lowest BCUT2D eigenvalue weighted by atomic mass is 9.84. The summed E-state index contributed by atoms with van der Waals surface area (Å²) in [5, 5.41) is 13.7. The van der Waals surface area contributed by atoms with Gasteiger partial charge < -0.3 is 10.0 Å². The van der Waals surface area contributed by atoms with Crippen LogP contribution in [0.25, 0.3) is 0 Å². The van der Waals surface area contributed by atoms with E-state index in [0.717, 1.165) is 0 Å². The smallest absolute Gasteiger partial charge is 0.308 e. The molecular formula is C18H20FN3O3. The van der Waals surface area contributed by atoms with Gasteiger partial charge in [0, 0.05) is 31.9 Å². The van der Waals surface area contributed by atoms with Crippen molar-refractivity contribution in [3.05, 3.63) is 54.1 Å². The maximum Gasteiger partial charge on any atom is 0.308 e. The van der Waals surface area contributed by atoms with Crippen molar-refractivity contribution in [3.63, 3.8) is 0 Å². The summed E-state index contributed by atoms with van der Waals surface area (Å²) in [5.41, 5.74) is 0.527. The summed E-state index contributed by atoms with van der Waals surface area (Å²) in [4.78, 5) is 25.7. The van der Waals surface area contributed by atoms with Crippen LogP contribution < -0.4 is 0 Å². The lowest BCUT2D eigenvalue weighted by molar-refractivity contribution is -0.152. The number of amides is 1. The van der Waals surface area contributed by atoms with E-state index in [1.807, 2.05) is 12.3 Å². The molecule has 3 rings (SSSR count). The van der Waals surface area contributed by atoms with E-state index >= 15 is 0 Å². The second kappa shape index (κ2) is 7.46. The molecule has 132 valence electrons. The number of carbonyl (C=O) groups excluding carboxylic acids is 1. The number of likely N-dealkylation sites (tertiary alicyclic amines) is 1. The van der Waals surface area contributed by atoms with Crippen molar-refractivity contribution < 1.29 is 19.1 Å². The van der Waals surface area contributed by atoms with Crippen molar-refractivity contribution in [2.45, 2.75) is 31.8 Å². The molecule has 2 aromatic rings. The van der Waals surface area contributed by atoms with E-state index in [2.05, 4.69) is 5.10 Å². The van der Waals surface area contributed by atoms with Gasteiger partial charge in [-0.3, -0.25) is 14.3 Å². The first kappa shape index (κ1) is 17.1. The maximum atomic E-state index is 13.6.